The summed E-state index contributed by atoms with van der Waals surface area (Å²) in [6.45, 7) is 0. The van der Waals surface area contributed by atoms with Crippen molar-refractivity contribution in [1.29, 1.82) is 5.26 Å². The number of carbonyl (C=O) groups excluding carboxylic acids is 1. The van der Waals surface area contributed by atoms with Crippen molar-refractivity contribution in [3.8, 4) is 6.07 Å². The zero-order valence-corrected chi connectivity index (χ0v) is 10.5. The molecule has 0 aromatic carbocycles. The predicted molar refractivity (Wildman–Crippen MR) is 62.6 cm³/mol. The molecule has 15 heavy (non-hydrogen) atoms. The molecule has 3 nitrogen and oxygen atoms in total. The Hall–Kier alpha value is -0.560. The van der Waals surface area contributed by atoms with Gasteiger partial charge in [-0.1, -0.05) is 41.6 Å². The summed E-state index contributed by atoms with van der Waals surface area (Å²) < 4.78 is 0. The lowest BCUT2D eigenvalue weighted by atomic mass is 9.92. The minimum atomic E-state index is -0.588. The molecule has 4 heteroatoms. The fourth-order valence-electron chi connectivity index (χ4n) is 2.01. The van der Waals surface area contributed by atoms with Crippen molar-refractivity contribution < 1.29 is 4.79 Å². The number of hydrogen-bond acceptors (Lipinski definition) is 2. The van der Waals surface area contributed by atoms with E-state index < -0.39 is 5.54 Å². The number of nitrogens with one attached hydrogen (secondary N) is 1. The Morgan fingerprint density at radius 3 is 2.40 bits per heavy atom. The quantitative estimate of drug-likeness (QED) is 0.634. The maximum Gasteiger partial charge on any atom is 0.222 e. The smallest absolute Gasteiger partial charge is 0.222 e. The first-order valence-corrected chi connectivity index (χ1v) is 6.63. The van der Waals surface area contributed by atoms with Crippen LogP contribution in [0.4, 0.5) is 0 Å². The molecule has 0 spiro atoms. The van der Waals surface area contributed by atoms with Gasteiger partial charge in [-0.25, -0.2) is 0 Å². The molecule has 1 fully saturated rings. The van der Waals surface area contributed by atoms with Gasteiger partial charge in [0, 0.05) is 11.8 Å². The lowest BCUT2D eigenvalue weighted by Gasteiger charge is -2.26. The summed E-state index contributed by atoms with van der Waals surface area (Å²) in [5, 5.41) is 12.8. The van der Waals surface area contributed by atoms with E-state index in [2.05, 4.69) is 27.3 Å². The predicted octanol–water partition coefficient (Wildman–Crippen LogP) is 2.50. The van der Waals surface area contributed by atoms with Crippen LogP contribution in [-0.2, 0) is 4.79 Å². The molecule has 1 saturated carbocycles. The highest BCUT2D eigenvalue weighted by atomic mass is 79.9. The Kier molecular flexibility index (Phi) is 5.10. The van der Waals surface area contributed by atoms with E-state index in [9.17, 15) is 10.1 Å². The third-order valence-corrected chi connectivity index (χ3v) is 3.27. The van der Waals surface area contributed by atoms with Crippen LogP contribution in [0.25, 0.3) is 0 Å². The van der Waals surface area contributed by atoms with E-state index in [1.165, 1.54) is 12.8 Å². The molecule has 1 aliphatic carbocycles. The van der Waals surface area contributed by atoms with Gasteiger partial charge in [-0.3, -0.25) is 4.79 Å². The van der Waals surface area contributed by atoms with Crippen molar-refractivity contribution >= 4 is 21.8 Å². The molecule has 0 aromatic rings. The van der Waals surface area contributed by atoms with Crippen LogP contribution in [0, 0.1) is 11.3 Å². The van der Waals surface area contributed by atoms with Gasteiger partial charge in [-0.15, -0.1) is 0 Å². The Morgan fingerprint density at radius 2 is 1.93 bits per heavy atom. The number of alkyl halides is 1. The Labute approximate surface area is 99.4 Å². The Morgan fingerprint density at radius 1 is 1.33 bits per heavy atom. The molecule has 0 saturated heterocycles. The maximum atomic E-state index is 11.5. The average Bonchev–Trinajstić information content (AvgIpc) is 2.44. The second-order valence-corrected chi connectivity index (χ2v) is 4.89. The summed E-state index contributed by atoms with van der Waals surface area (Å²) in [7, 11) is 0. The molecule has 0 aromatic heterocycles. The molecule has 0 bridgehead atoms. The van der Waals surface area contributed by atoms with Crippen molar-refractivity contribution in [2.75, 3.05) is 5.33 Å². The van der Waals surface area contributed by atoms with Crippen LogP contribution in [-0.4, -0.2) is 16.8 Å². The molecule has 0 atom stereocenters. The van der Waals surface area contributed by atoms with Crippen molar-refractivity contribution in [3.05, 3.63) is 0 Å². The van der Waals surface area contributed by atoms with E-state index in [1.54, 1.807) is 0 Å². The topological polar surface area (TPSA) is 52.9 Å². The standard InChI is InChI=1S/C11H17BrN2O/c12-8-5-10(15)14-11(9-13)6-3-1-2-4-7-11/h1-8H2,(H,14,15). The first-order chi connectivity index (χ1) is 7.22. The molecule has 0 radical (unpaired) electrons. The van der Waals surface area contributed by atoms with Gasteiger partial charge >= 0.3 is 0 Å². The summed E-state index contributed by atoms with van der Waals surface area (Å²) in [6.07, 6.45) is 6.50. The Bertz CT molecular complexity index is 252. The molecular weight excluding hydrogens is 256 g/mol. The van der Waals surface area contributed by atoms with Gasteiger partial charge in [0.1, 0.15) is 5.54 Å². The van der Waals surface area contributed by atoms with Gasteiger partial charge in [-0.05, 0) is 12.8 Å². The van der Waals surface area contributed by atoms with Crippen LogP contribution in [0.15, 0.2) is 0 Å². The number of nitriles is 1. The highest BCUT2D eigenvalue weighted by molar-refractivity contribution is 9.09. The third kappa shape index (κ3) is 3.83. The molecule has 0 unspecified atom stereocenters. The number of amides is 1. The van der Waals surface area contributed by atoms with E-state index in [0.29, 0.717) is 11.8 Å². The van der Waals surface area contributed by atoms with Crippen LogP contribution >= 0.6 is 15.9 Å². The minimum Gasteiger partial charge on any atom is -0.338 e. The highest BCUT2D eigenvalue weighted by Crippen LogP contribution is 2.26. The molecule has 0 aliphatic heterocycles. The van der Waals surface area contributed by atoms with E-state index in [4.69, 9.17) is 0 Å². The van der Waals surface area contributed by atoms with E-state index in [1.807, 2.05) is 0 Å². The normalized spacial score (nSPS) is 20.0. The van der Waals surface area contributed by atoms with Gasteiger partial charge in [-0.2, -0.15) is 5.26 Å². The summed E-state index contributed by atoms with van der Waals surface area (Å²) >= 11 is 3.23. The van der Waals surface area contributed by atoms with Crippen LogP contribution in [0.3, 0.4) is 0 Å². The second-order valence-electron chi connectivity index (χ2n) is 4.10. The van der Waals surface area contributed by atoms with Crippen molar-refractivity contribution in [1.82, 2.24) is 5.32 Å². The minimum absolute atomic E-state index is 0.0182. The number of carbonyl (C=O) groups is 1. The first kappa shape index (κ1) is 12.5. The molecule has 1 amide bonds. The lowest BCUT2D eigenvalue weighted by molar-refractivity contribution is -0.122. The molecule has 1 rings (SSSR count). The van der Waals surface area contributed by atoms with Gasteiger partial charge < -0.3 is 5.32 Å². The molecule has 1 aliphatic rings. The van der Waals surface area contributed by atoms with E-state index >= 15 is 0 Å². The summed E-state index contributed by atoms with van der Waals surface area (Å²) in [5.41, 5.74) is -0.588. The maximum absolute atomic E-state index is 11.5. The fraction of sp³-hybridized carbons (Fsp3) is 0.818. The summed E-state index contributed by atoms with van der Waals surface area (Å²) in [5.74, 6) is -0.0182. The van der Waals surface area contributed by atoms with Gasteiger partial charge in [0.2, 0.25) is 5.91 Å². The van der Waals surface area contributed by atoms with Gasteiger partial charge in [0.25, 0.3) is 0 Å². The zero-order chi connectivity index (χ0) is 11.1. The van der Waals surface area contributed by atoms with Crippen LogP contribution in [0.2, 0.25) is 0 Å². The molecule has 84 valence electrons. The number of hydrogen-bond donors (Lipinski definition) is 1. The van der Waals surface area contributed by atoms with Crippen molar-refractivity contribution in [2.24, 2.45) is 0 Å². The monoisotopic (exact) mass is 272 g/mol. The zero-order valence-electron chi connectivity index (χ0n) is 8.89. The molecule has 1 N–H and O–H groups in total. The Balaban J connectivity index is 2.58. The molecule has 0 heterocycles. The average molecular weight is 273 g/mol. The third-order valence-electron chi connectivity index (χ3n) is 2.87. The second kappa shape index (κ2) is 6.12. The summed E-state index contributed by atoms with van der Waals surface area (Å²) in [4.78, 5) is 11.5. The fourth-order valence-corrected chi connectivity index (χ4v) is 2.37. The highest BCUT2D eigenvalue weighted by Gasteiger charge is 2.31. The largest absolute Gasteiger partial charge is 0.338 e. The number of halogens is 1. The van der Waals surface area contributed by atoms with Crippen molar-refractivity contribution in [2.45, 2.75) is 50.5 Å². The first-order valence-electron chi connectivity index (χ1n) is 5.51. The van der Waals surface area contributed by atoms with E-state index in [-0.39, 0.29) is 5.91 Å². The van der Waals surface area contributed by atoms with Gasteiger partial charge in [0.05, 0.1) is 6.07 Å². The van der Waals surface area contributed by atoms with E-state index in [0.717, 1.165) is 25.7 Å². The molecular formula is C11H17BrN2O. The van der Waals surface area contributed by atoms with Crippen molar-refractivity contribution in [3.63, 3.8) is 0 Å². The van der Waals surface area contributed by atoms with Crippen LogP contribution in [0.1, 0.15) is 44.9 Å². The van der Waals surface area contributed by atoms with Crippen LogP contribution in [0.5, 0.6) is 0 Å². The number of rotatable bonds is 3. The SMILES string of the molecule is N#CC1(NC(=O)CCBr)CCCCCC1. The summed E-state index contributed by atoms with van der Waals surface area (Å²) in [6, 6.07) is 2.30. The number of nitrogens with zero attached hydrogens (tertiary/aromatic N) is 1. The van der Waals surface area contributed by atoms with Gasteiger partial charge in [0.15, 0.2) is 0 Å². The van der Waals surface area contributed by atoms with Crippen LogP contribution < -0.4 is 5.32 Å². The lowest BCUT2D eigenvalue weighted by Crippen LogP contribution is -2.47.